The number of nitrogens with zero attached hydrogens (tertiary/aromatic N) is 1. The summed E-state index contributed by atoms with van der Waals surface area (Å²) in [5.41, 5.74) is -1.89. The summed E-state index contributed by atoms with van der Waals surface area (Å²) in [4.78, 5) is 25.5. The molecule has 1 aliphatic heterocycles. The van der Waals surface area contributed by atoms with E-state index in [0.717, 1.165) is 5.56 Å². The lowest BCUT2D eigenvalue weighted by Crippen LogP contribution is -2.50. The molecule has 1 aromatic carbocycles. The van der Waals surface area contributed by atoms with Crippen LogP contribution in [0.25, 0.3) is 0 Å². The second-order valence-electron chi connectivity index (χ2n) is 6.99. The fourth-order valence-electron chi connectivity index (χ4n) is 2.43. The Bertz CT molecular complexity index is 574. The lowest BCUT2D eigenvalue weighted by molar-refractivity contribution is -0.172. The summed E-state index contributed by atoms with van der Waals surface area (Å²) in [6, 6.07) is 9.33. The molecule has 1 saturated heterocycles. The molecule has 0 saturated carbocycles. The number of hydrogen-bond donors (Lipinski definition) is 0. The van der Waals surface area contributed by atoms with Crippen LogP contribution in [0.1, 0.15) is 39.2 Å². The molecule has 1 aromatic rings. The molecule has 24 heavy (non-hydrogen) atoms. The van der Waals surface area contributed by atoms with E-state index in [4.69, 9.17) is 9.47 Å². The third-order valence-electron chi connectivity index (χ3n) is 3.78. The second-order valence-corrected chi connectivity index (χ2v) is 6.99. The Labute approximate surface area is 141 Å². The van der Waals surface area contributed by atoms with Gasteiger partial charge in [0.15, 0.2) is 0 Å². The van der Waals surface area contributed by atoms with Crippen LogP contribution in [0.15, 0.2) is 30.3 Å². The maximum absolute atomic E-state index is 14.7. The molecule has 2 rings (SSSR count). The average Bonchev–Trinajstić information content (AvgIpc) is 2.52. The molecule has 1 amide bonds. The minimum atomic E-state index is -2.04. The molecule has 0 N–H and O–H groups in total. The number of rotatable bonds is 3. The number of amides is 1. The van der Waals surface area contributed by atoms with Crippen molar-refractivity contribution in [1.29, 1.82) is 0 Å². The molecule has 1 fully saturated rings. The molecule has 0 radical (unpaired) electrons. The van der Waals surface area contributed by atoms with Crippen LogP contribution in [0.3, 0.4) is 0 Å². The Balaban J connectivity index is 1.83. The van der Waals surface area contributed by atoms with E-state index >= 15 is 0 Å². The van der Waals surface area contributed by atoms with Gasteiger partial charge >= 0.3 is 12.1 Å². The van der Waals surface area contributed by atoms with Crippen LogP contribution in [0, 0.1) is 0 Å². The highest BCUT2D eigenvalue weighted by molar-refractivity contribution is 5.80. The van der Waals surface area contributed by atoms with Gasteiger partial charge in [-0.3, -0.25) is 0 Å². The number of carbonyl (C=O) groups is 2. The molecule has 0 spiro atoms. The number of halogens is 1. The van der Waals surface area contributed by atoms with E-state index in [0.29, 0.717) is 0 Å². The molecular formula is C18H24FNO4. The minimum Gasteiger partial charge on any atom is -0.458 e. The van der Waals surface area contributed by atoms with E-state index in [1.165, 1.54) is 4.90 Å². The predicted octanol–water partition coefficient (Wildman–Crippen LogP) is 3.47. The fraction of sp³-hybridized carbons (Fsp3) is 0.556. The Hall–Kier alpha value is -2.11. The van der Waals surface area contributed by atoms with Crippen molar-refractivity contribution in [3.05, 3.63) is 35.9 Å². The van der Waals surface area contributed by atoms with E-state index in [1.807, 2.05) is 30.3 Å². The molecule has 0 unspecified atom stereocenters. The van der Waals surface area contributed by atoms with Crippen molar-refractivity contribution < 1.29 is 23.5 Å². The van der Waals surface area contributed by atoms with E-state index < -0.39 is 23.3 Å². The van der Waals surface area contributed by atoms with E-state index in [1.54, 1.807) is 20.8 Å². The molecule has 1 heterocycles. The van der Waals surface area contributed by atoms with Crippen LogP contribution in [0.4, 0.5) is 9.18 Å². The van der Waals surface area contributed by atoms with Crippen molar-refractivity contribution >= 4 is 12.1 Å². The molecule has 6 heteroatoms. The van der Waals surface area contributed by atoms with Crippen molar-refractivity contribution in [2.75, 3.05) is 13.1 Å². The van der Waals surface area contributed by atoms with Crippen molar-refractivity contribution in [1.82, 2.24) is 4.90 Å². The number of alkyl halides is 1. The van der Waals surface area contributed by atoms with Crippen LogP contribution in [-0.2, 0) is 20.9 Å². The van der Waals surface area contributed by atoms with Crippen LogP contribution in [-0.4, -0.2) is 41.3 Å². The zero-order chi connectivity index (χ0) is 17.8. The molecule has 1 aliphatic rings. The topological polar surface area (TPSA) is 55.8 Å². The third-order valence-corrected chi connectivity index (χ3v) is 3.78. The molecule has 0 atom stereocenters. The first-order valence-electron chi connectivity index (χ1n) is 8.08. The Morgan fingerprint density at radius 2 is 1.75 bits per heavy atom. The highest BCUT2D eigenvalue weighted by Gasteiger charge is 2.45. The van der Waals surface area contributed by atoms with Gasteiger partial charge in [0.25, 0.3) is 0 Å². The van der Waals surface area contributed by atoms with Gasteiger partial charge in [0.05, 0.1) is 0 Å². The van der Waals surface area contributed by atoms with Crippen LogP contribution < -0.4 is 0 Å². The summed E-state index contributed by atoms with van der Waals surface area (Å²) in [7, 11) is 0. The number of hydrogen-bond acceptors (Lipinski definition) is 4. The maximum atomic E-state index is 14.7. The number of esters is 1. The highest BCUT2D eigenvalue weighted by Crippen LogP contribution is 2.30. The van der Waals surface area contributed by atoms with Crippen molar-refractivity contribution in [2.45, 2.75) is 51.5 Å². The van der Waals surface area contributed by atoms with Crippen LogP contribution in [0.5, 0.6) is 0 Å². The standard InChI is InChI=1S/C18H24FNO4/c1-17(2,3)24-15(21)18(19)9-11-20(12-10-18)16(22)23-13-14-7-5-4-6-8-14/h4-8H,9-13H2,1-3H3. The van der Waals surface area contributed by atoms with Crippen LogP contribution >= 0.6 is 0 Å². The average molecular weight is 337 g/mol. The van der Waals surface area contributed by atoms with Crippen LogP contribution in [0.2, 0.25) is 0 Å². The molecule has 0 bridgehead atoms. The van der Waals surface area contributed by atoms with Crippen molar-refractivity contribution in [3.8, 4) is 0 Å². The first-order chi connectivity index (χ1) is 11.2. The summed E-state index contributed by atoms with van der Waals surface area (Å²) in [5, 5.41) is 0. The normalized spacial score (nSPS) is 17.2. The maximum Gasteiger partial charge on any atom is 0.410 e. The van der Waals surface area contributed by atoms with Gasteiger partial charge in [0.1, 0.15) is 12.2 Å². The van der Waals surface area contributed by atoms with Gasteiger partial charge < -0.3 is 14.4 Å². The van der Waals surface area contributed by atoms with Gasteiger partial charge in [-0.15, -0.1) is 0 Å². The zero-order valence-electron chi connectivity index (χ0n) is 14.4. The van der Waals surface area contributed by atoms with Gasteiger partial charge in [-0.1, -0.05) is 30.3 Å². The number of piperidine rings is 1. The zero-order valence-corrected chi connectivity index (χ0v) is 14.4. The summed E-state index contributed by atoms with van der Waals surface area (Å²) in [5.74, 6) is -0.854. The quantitative estimate of drug-likeness (QED) is 0.793. The molecule has 0 aliphatic carbocycles. The lowest BCUT2D eigenvalue weighted by Gasteiger charge is -2.35. The summed E-state index contributed by atoms with van der Waals surface area (Å²) >= 11 is 0. The van der Waals surface area contributed by atoms with E-state index in [-0.39, 0.29) is 32.5 Å². The monoisotopic (exact) mass is 337 g/mol. The number of carbonyl (C=O) groups excluding carboxylic acids is 2. The number of ether oxygens (including phenoxy) is 2. The predicted molar refractivity (Wildman–Crippen MR) is 87.1 cm³/mol. The van der Waals surface area contributed by atoms with Gasteiger partial charge in [-0.05, 0) is 26.3 Å². The number of benzene rings is 1. The molecule has 132 valence electrons. The Morgan fingerprint density at radius 3 is 2.29 bits per heavy atom. The SMILES string of the molecule is CC(C)(C)OC(=O)C1(F)CCN(C(=O)OCc2ccccc2)CC1. The first-order valence-corrected chi connectivity index (χ1v) is 8.08. The molecular weight excluding hydrogens is 313 g/mol. The Morgan fingerprint density at radius 1 is 1.17 bits per heavy atom. The van der Waals surface area contributed by atoms with Gasteiger partial charge in [-0.25, -0.2) is 14.0 Å². The second kappa shape index (κ2) is 7.20. The smallest absolute Gasteiger partial charge is 0.410 e. The summed E-state index contributed by atoms with van der Waals surface area (Å²) < 4.78 is 25.1. The lowest BCUT2D eigenvalue weighted by atomic mass is 9.93. The number of likely N-dealkylation sites (tertiary alicyclic amines) is 1. The van der Waals surface area contributed by atoms with Crippen molar-refractivity contribution in [3.63, 3.8) is 0 Å². The van der Waals surface area contributed by atoms with Gasteiger partial charge in [0.2, 0.25) is 5.67 Å². The fourth-order valence-corrected chi connectivity index (χ4v) is 2.43. The first kappa shape index (κ1) is 18.2. The highest BCUT2D eigenvalue weighted by atomic mass is 19.1. The Kier molecular flexibility index (Phi) is 5.47. The third kappa shape index (κ3) is 4.94. The summed E-state index contributed by atoms with van der Waals surface area (Å²) in [6.07, 6.45) is -0.657. The van der Waals surface area contributed by atoms with Crippen molar-refractivity contribution in [2.24, 2.45) is 0 Å². The van der Waals surface area contributed by atoms with Gasteiger partial charge in [-0.2, -0.15) is 0 Å². The largest absolute Gasteiger partial charge is 0.458 e. The molecule has 5 nitrogen and oxygen atoms in total. The molecule has 0 aromatic heterocycles. The minimum absolute atomic E-state index is 0.0810. The van der Waals surface area contributed by atoms with E-state index in [2.05, 4.69) is 0 Å². The summed E-state index contributed by atoms with van der Waals surface area (Å²) in [6.45, 7) is 5.52. The van der Waals surface area contributed by atoms with E-state index in [9.17, 15) is 14.0 Å². The van der Waals surface area contributed by atoms with Gasteiger partial charge in [0, 0.05) is 25.9 Å².